The molecule has 32 heavy (non-hydrogen) atoms. The molecular weight excluding hydrogens is 422 g/mol. The number of hydrogen-bond donors (Lipinski definition) is 1. The zero-order valence-corrected chi connectivity index (χ0v) is 19.1. The fraction of sp³-hybridized carbons (Fsp3) is 0.520. The number of hydrogen-bond acceptors (Lipinski definition) is 5. The standard InChI is InChI=1S/C25H31N3O3S/c29-24(19-7-10-31-16-19)26-23(18-4-2-1-3-5-18)6-9-27-12-21-14-28(15-22(21)13-27)25(30)20-8-11-32-17-20/h1-5,8,11,17,19,21-23H,6-7,9-10,12-16H2,(H,26,29)/t19?,21?,22?,23-/m0/s1. The monoisotopic (exact) mass is 453 g/mol. The maximum atomic E-state index is 12.7. The minimum Gasteiger partial charge on any atom is -0.381 e. The van der Waals surface area contributed by atoms with Crippen LogP contribution in [0.3, 0.4) is 0 Å². The predicted molar refractivity (Wildman–Crippen MR) is 125 cm³/mol. The van der Waals surface area contributed by atoms with Crippen molar-refractivity contribution in [3.63, 3.8) is 0 Å². The number of ether oxygens (including phenoxy) is 1. The van der Waals surface area contributed by atoms with E-state index in [2.05, 4.69) is 22.3 Å². The summed E-state index contributed by atoms with van der Waals surface area (Å²) in [4.78, 5) is 30.0. The van der Waals surface area contributed by atoms with Crippen LogP contribution in [0.4, 0.5) is 0 Å². The van der Waals surface area contributed by atoms with Crippen molar-refractivity contribution in [2.75, 3.05) is 45.9 Å². The highest BCUT2D eigenvalue weighted by molar-refractivity contribution is 7.08. The summed E-state index contributed by atoms with van der Waals surface area (Å²) in [6.07, 6.45) is 1.70. The second-order valence-electron chi connectivity index (χ2n) is 9.32. The number of amides is 2. The van der Waals surface area contributed by atoms with Gasteiger partial charge in [-0.15, -0.1) is 0 Å². The lowest BCUT2D eigenvalue weighted by Gasteiger charge is -2.25. The average Bonchev–Trinajstić information content (AvgIpc) is 3.60. The number of carbonyl (C=O) groups excluding carboxylic acids is 2. The number of likely N-dealkylation sites (tertiary alicyclic amines) is 2. The molecule has 1 aromatic heterocycles. The Hall–Kier alpha value is -2.22. The summed E-state index contributed by atoms with van der Waals surface area (Å²) < 4.78 is 5.40. The molecule has 0 saturated carbocycles. The van der Waals surface area contributed by atoms with Crippen LogP contribution in [0.15, 0.2) is 47.2 Å². The molecule has 2 aromatic rings. The van der Waals surface area contributed by atoms with Crippen LogP contribution in [0.2, 0.25) is 0 Å². The van der Waals surface area contributed by atoms with Crippen molar-refractivity contribution in [2.45, 2.75) is 18.9 Å². The second-order valence-corrected chi connectivity index (χ2v) is 10.1. The third-order valence-electron chi connectivity index (χ3n) is 7.17. The Labute approximate surface area is 193 Å². The molecule has 4 atom stereocenters. The topological polar surface area (TPSA) is 61.9 Å². The molecule has 1 N–H and O–H groups in total. The summed E-state index contributed by atoms with van der Waals surface area (Å²) in [5.41, 5.74) is 1.98. The molecule has 2 amide bonds. The predicted octanol–water partition coefficient (Wildman–Crippen LogP) is 3.04. The van der Waals surface area contributed by atoms with Crippen molar-refractivity contribution < 1.29 is 14.3 Å². The molecule has 3 saturated heterocycles. The first kappa shape index (κ1) is 21.6. The molecule has 3 unspecified atom stereocenters. The van der Waals surface area contributed by atoms with E-state index in [4.69, 9.17) is 4.74 Å². The van der Waals surface area contributed by atoms with Gasteiger partial charge in [0.1, 0.15) is 0 Å². The molecule has 3 aliphatic rings. The number of thiophene rings is 1. The van der Waals surface area contributed by atoms with Gasteiger partial charge in [0.05, 0.1) is 24.1 Å². The molecule has 3 aliphatic heterocycles. The van der Waals surface area contributed by atoms with Crippen LogP contribution in [-0.2, 0) is 9.53 Å². The quantitative estimate of drug-likeness (QED) is 0.700. The van der Waals surface area contributed by atoms with E-state index in [1.807, 2.05) is 39.9 Å². The van der Waals surface area contributed by atoms with Gasteiger partial charge in [-0.25, -0.2) is 0 Å². The highest BCUT2D eigenvalue weighted by Gasteiger charge is 2.41. The van der Waals surface area contributed by atoms with Crippen molar-refractivity contribution in [2.24, 2.45) is 17.8 Å². The Morgan fingerprint density at radius 2 is 1.88 bits per heavy atom. The number of nitrogens with one attached hydrogen (secondary N) is 1. The first-order valence-corrected chi connectivity index (χ1v) is 12.6. The minimum atomic E-state index is -0.0286. The molecule has 0 radical (unpaired) electrons. The van der Waals surface area contributed by atoms with E-state index in [0.717, 1.165) is 56.7 Å². The maximum absolute atomic E-state index is 12.7. The highest BCUT2D eigenvalue weighted by atomic mass is 32.1. The Kier molecular flexibility index (Phi) is 6.57. The van der Waals surface area contributed by atoms with Crippen LogP contribution < -0.4 is 5.32 Å². The van der Waals surface area contributed by atoms with Gasteiger partial charge in [-0.2, -0.15) is 11.3 Å². The first-order valence-electron chi connectivity index (χ1n) is 11.6. The van der Waals surface area contributed by atoms with E-state index >= 15 is 0 Å². The molecule has 7 heteroatoms. The maximum Gasteiger partial charge on any atom is 0.254 e. The Morgan fingerprint density at radius 1 is 1.09 bits per heavy atom. The molecule has 0 aliphatic carbocycles. The molecule has 0 spiro atoms. The summed E-state index contributed by atoms with van der Waals surface area (Å²) in [6.45, 7) is 5.94. The number of fused-ring (bicyclic) bond motifs is 1. The van der Waals surface area contributed by atoms with Crippen LogP contribution in [0.1, 0.15) is 34.8 Å². The normalized spacial score (nSPS) is 26.2. The Balaban J connectivity index is 1.15. The van der Waals surface area contributed by atoms with Crippen molar-refractivity contribution in [3.05, 3.63) is 58.3 Å². The zero-order valence-electron chi connectivity index (χ0n) is 18.3. The van der Waals surface area contributed by atoms with Crippen LogP contribution in [0.5, 0.6) is 0 Å². The molecule has 170 valence electrons. The van der Waals surface area contributed by atoms with E-state index in [-0.39, 0.29) is 23.8 Å². The lowest BCUT2D eigenvalue weighted by atomic mass is 10.0. The van der Waals surface area contributed by atoms with Gasteiger partial charge >= 0.3 is 0 Å². The molecule has 5 rings (SSSR count). The largest absolute Gasteiger partial charge is 0.381 e. The Bertz CT molecular complexity index is 900. The smallest absolute Gasteiger partial charge is 0.254 e. The summed E-state index contributed by atoms with van der Waals surface area (Å²) in [5.74, 6) is 1.36. The van der Waals surface area contributed by atoms with Crippen molar-refractivity contribution in [1.29, 1.82) is 0 Å². The summed E-state index contributed by atoms with van der Waals surface area (Å²) in [6, 6.07) is 12.2. The fourth-order valence-electron chi connectivity index (χ4n) is 5.36. The van der Waals surface area contributed by atoms with E-state index in [1.165, 1.54) is 0 Å². The molecule has 3 fully saturated rings. The molecule has 6 nitrogen and oxygen atoms in total. The van der Waals surface area contributed by atoms with Crippen LogP contribution in [-0.4, -0.2) is 67.6 Å². The summed E-state index contributed by atoms with van der Waals surface area (Å²) in [7, 11) is 0. The van der Waals surface area contributed by atoms with Gasteiger partial charge in [-0.05, 0) is 41.7 Å². The highest BCUT2D eigenvalue weighted by Crippen LogP contribution is 2.33. The molecular formula is C25H31N3O3S. The molecule has 4 heterocycles. The zero-order chi connectivity index (χ0) is 21.9. The average molecular weight is 454 g/mol. The van der Waals surface area contributed by atoms with Crippen molar-refractivity contribution >= 4 is 23.2 Å². The third-order valence-corrected chi connectivity index (χ3v) is 7.85. The first-order chi connectivity index (χ1) is 15.7. The lowest BCUT2D eigenvalue weighted by molar-refractivity contribution is -0.125. The summed E-state index contributed by atoms with van der Waals surface area (Å²) in [5, 5.41) is 7.20. The van der Waals surface area contributed by atoms with E-state index < -0.39 is 0 Å². The lowest BCUT2D eigenvalue weighted by Crippen LogP contribution is -2.37. The van der Waals surface area contributed by atoms with Gasteiger partial charge in [-0.1, -0.05) is 30.3 Å². The van der Waals surface area contributed by atoms with E-state index in [0.29, 0.717) is 25.0 Å². The van der Waals surface area contributed by atoms with E-state index in [1.54, 1.807) is 11.3 Å². The number of carbonyl (C=O) groups is 2. The van der Waals surface area contributed by atoms with Gasteiger partial charge < -0.3 is 19.9 Å². The van der Waals surface area contributed by atoms with Crippen molar-refractivity contribution in [1.82, 2.24) is 15.1 Å². The van der Waals surface area contributed by atoms with Gasteiger partial charge in [0.15, 0.2) is 0 Å². The van der Waals surface area contributed by atoms with Gasteiger partial charge in [0.2, 0.25) is 5.91 Å². The molecule has 0 bridgehead atoms. The SMILES string of the molecule is O=C(N[C@@H](CCN1CC2CN(C(=O)c3ccsc3)CC2C1)c1ccccc1)C1CCOC1. The minimum absolute atomic E-state index is 0.0152. The van der Waals surface area contributed by atoms with Crippen molar-refractivity contribution in [3.8, 4) is 0 Å². The third kappa shape index (κ3) is 4.75. The molecule has 1 aromatic carbocycles. The number of nitrogens with zero attached hydrogens (tertiary/aromatic N) is 2. The fourth-order valence-corrected chi connectivity index (χ4v) is 5.99. The summed E-state index contributed by atoms with van der Waals surface area (Å²) >= 11 is 1.58. The van der Waals surface area contributed by atoms with Gasteiger partial charge in [0.25, 0.3) is 5.91 Å². The van der Waals surface area contributed by atoms with E-state index in [9.17, 15) is 9.59 Å². The van der Waals surface area contributed by atoms with Crippen LogP contribution in [0, 0.1) is 17.8 Å². The number of benzene rings is 1. The second kappa shape index (κ2) is 9.73. The Morgan fingerprint density at radius 3 is 2.53 bits per heavy atom. The van der Waals surface area contributed by atoms with Gasteiger partial charge in [0, 0.05) is 44.7 Å². The van der Waals surface area contributed by atoms with Gasteiger partial charge in [-0.3, -0.25) is 9.59 Å². The van der Waals surface area contributed by atoms with Crippen LogP contribution in [0.25, 0.3) is 0 Å². The van der Waals surface area contributed by atoms with Crippen LogP contribution >= 0.6 is 11.3 Å². The number of rotatable bonds is 7.